The molecule has 0 atom stereocenters. The van der Waals surface area contributed by atoms with E-state index in [0.29, 0.717) is 21.2 Å². The highest BCUT2D eigenvalue weighted by molar-refractivity contribution is 7.73. The number of benzene rings is 2. The normalized spacial score (nSPS) is 14.0. The number of aromatic nitrogens is 1. The molecule has 1 N–H and O–H groups in total. The summed E-state index contributed by atoms with van der Waals surface area (Å²) in [4.78, 5) is 5.10. The van der Waals surface area contributed by atoms with Gasteiger partial charge in [-0.15, -0.1) is 11.3 Å². The van der Waals surface area contributed by atoms with Gasteiger partial charge in [0.15, 0.2) is 3.95 Å². The Kier molecular flexibility index (Phi) is 4.44. The number of thiazole rings is 1. The highest BCUT2D eigenvalue weighted by Crippen LogP contribution is 2.38. The molecular formula is C20H16N2O2S2. The van der Waals surface area contributed by atoms with E-state index in [-0.39, 0.29) is 5.88 Å². The van der Waals surface area contributed by atoms with Crippen LogP contribution in [0.2, 0.25) is 0 Å². The summed E-state index contributed by atoms with van der Waals surface area (Å²) in [6.45, 7) is 2.47. The van der Waals surface area contributed by atoms with Crippen LogP contribution in [0.1, 0.15) is 17.4 Å². The van der Waals surface area contributed by atoms with E-state index >= 15 is 0 Å². The second-order valence-electron chi connectivity index (χ2n) is 5.67. The van der Waals surface area contributed by atoms with Gasteiger partial charge in [0, 0.05) is 17.4 Å². The van der Waals surface area contributed by atoms with E-state index in [0.717, 1.165) is 22.5 Å². The summed E-state index contributed by atoms with van der Waals surface area (Å²) in [5, 5.41) is 10.8. The maximum absolute atomic E-state index is 10.8. The highest BCUT2D eigenvalue weighted by atomic mass is 32.1. The fourth-order valence-corrected chi connectivity index (χ4v) is 4.19. The van der Waals surface area contributed by atoms with Gasteiger partial charge in [-0.3, -0.25) is 9.56 Å². The number of aliphatic imine (C=N–C) groups is 1. The number of rotatable bonds is 4. The largest absolute Gasteiger partial charge is 0.493 e. The van der Waals surface area contributed by atoms with E-state index in [2.05, 4.69) is 4.99 Å². The van der Waals surface area contributed by atoms with Gasteiger partial charge in [0.1, 0.15) is 5.75 Å². The second-order valence-corrected chi connectivity index (χ2v) is 7.34. The van der Waals surface area contributed by atoms with Crippen LogP contribution in [0, 0.1) is 3.95 Å². The van der Waals surface area contributed by atoms with E-state index in [1.807, 2.05) is 67.7 Å². The number of fused-ring (bicyclic) bond motifs is 1. The van der Waals surface area contributed by atoms with Crippen molar-refractivity contribution in [1.29, 1.82) is 0 Å². The molecule has 4 nitrogen and oxygen atoms in total. The molecular weight excluding hydrogens is 364 g/mol. The lowest BCUT2D eigenvalue weighted by Crippen LogP contribution is -2.00. The molecule has 26 heavy (non-hydrogen) atoms. The Morgan fingerprint density at radius 1 is 1.19 bits per heavy atom. The number of nitrogens with zero attached hydrogens (tertiary/aromatic N) is 2. The summed E-state index contributed by atoms with van der Waals surface area (Å²) in [5.41, 5.74) is 3.67. The molecule has 0 radical (unpaired) electrons. The van der Waals surface area contributed by atoms with E-state index in [1.165, 1.54) is 11.3 Å². The van der Waals surface area contributed by atoms with Gasteiger partial charge in [-0.2, -0.15) is 0 Å². The molecule has 0 spiro atoms. The fourth-order valence-electron chi connectivity index (χ4n) is 2.90. The Bertz CT molecular complexity index is 1090. The van der Waals surface area contributed by atoms with E-state index in [9.17, 15) is 5.11 Å². The van der Waals surface area contributed by atoms with Crippen molar-refractivity contribution in [2.24, 2.45) is 4.99 Å². The molecule has 0 unspecified atom stereocenters. The third kappa shape index (κ3) is 2.87. The minimum Gasteiger partial charge on any atom is -0.493 e. The predicted octanol–water partition coefficient (Wildman–Crippen LogP) is 5.63. The Hall–Kier alpha value is -2.70. The van der Waals surface area contributed by atoms with Crippen LogP contribution < -0.4 is 4.74 Å². The molecule has 0 saturated heterocycles. The van der Waals surface area contributed by atoms with Crippen LogP contribution in [0.4, 0.5) is 5.69 Å². The number of ether oxygens (including phenoxy) is 1. The average molecular weight is 380 g/mol. The van der Waals surface area contributed by atoms with Gasteiger partial charge in [0.2, 0.25) is 5.88 Å². The van der Waals surface area contributed by atoms with E-state index in [4.69, 9.17) is 17.0 Å². The lowest BCUT2D eigenvalue weighted by Gasteiger charge is -2.11. The zero-order valence-corrected chi connectivity index (χ0v) is 15.7. The molecule has 2 aromatic carbocycles. The molecule has 1 aliphatic rings. The minimum absolute atomic E-state index is 0.109. The first kappa shape index (κ1) is 16.8. The number of hydrogen-bond donors (Lipinski definition) is 1. The van der Waals surface area contributed by atoms with Crippen LogP contribution in [0.3, 0.4) is 0 Å². The van der Waals surface area contributed by atoms with Crippen LogP contribution in [-0.2, 0) is 0 Å². The summed E-state index contributed by atoms with van der Waals surface area (Å²) in [5.74, 6) is 0.795. The van der Waals surface area contributed by atoms with Crippen molar-refractivity contribution < 1.29 is 9.84 Å². The van der Waals surface area contributed by atoms with Crippen molar-refractivity contribution in [2.45, 2.75) is 6.92 Å². The topological polar surface area (TPSA) is 46.8 Å². The minimum atomic E-state index is 0.109. The second kappa shape index (κ2) is 6.90. The van der Waals surface area contributed by atoms with Crippen LogP contribution in [-0.4, -0.2) is 22.5 Å². The Labute approximate surface area is 160 Å². The summed E-state index contributed by atoms with van der Waals surface area (Å²) < 4.78 is 7.89. The molecule has 0 fully saturated rings. The van der Waals surface area contributed by atoms with Crippen molar-refractivity contribution in [3.63, 3.8) is 0 Å². The summed E-state index contributed by atoms with van der Waals surface area (Å²) in [7, 11) is 0. The SMILES string of the molecule is CCOc1ccccc1-n1c(O)c(C=C2C=Nc3ccccc32)sc1=S. The molecule has 4 rings (SSSR count). The van der Waals surface area contributed by atoms with Gasteiger partial charge in [-0.1, -0.05) is 30.3 Å². The summed E-state index contributed by atoms with van der Waals surface area (Å²) >= 11 is 6.87. The third-order valence-corrected chi connectivity index (χ3v) is 5.37. The number of allylic oxidation sites excluding steroid dienone is 1. The van der Waals surface area contributed by atoms with Crippen molar-refractivity contribution in [3.8, 4) is 17.3 Å². The van der Waals surface area contributed by atoms with Crippen LogP contribution in [0.15, 0.2) is 53.5 Å². The summed E-state index contributed by atoms with van der Waals surface area (Å²) in [6, 6.07) is 15.5. The van der Waals surface area contributed by atoms with Crippen LogP contribution >= 0.6 is 23.6 Å². The number of hydrogen-bond acceptors (Lipinski definition) is 5. The summed E-state index contributed by atoms with van der Waals surface area (Å²) in [6.07, 6.45) is 3.73. The smallest absolute Gasteiger partial charge is 0.215 e. The lowest BCUT2D eigenvalue weighted by atomic mass is 10.1. The van der Waals surface area contributed by atoms with Crippen molar-refractivity contribution >= 4 is 47.1 Å². The first-order valence-corrected chi connectivity index (χ1v) is 9.43. The molecule has 0 amide bonds. The average Bonchev–Trinajstić information content (AvgIpc) is 3.18. The zero-order valence-electron chi connectivity index (χ0n) is 14.0. The first-order valence-electron chi connectivity index (χ1n) is 8.21. The molecule has 1 aromatic heterocycles. The molecule has 1 aliphatic heterocycles. The highest BCUT2D eigenvalue weighted by Gasteiger charge is 2.17. The van der Waals surface area contributed by atoms with Crippen molar-refractivity contribution in [3.05, 3.63) is 62.9 Å². The standard InChI is InChI=1S/C20H16N2O2S2/c1-2-24-17-10-6-5-9-16(17)22-19(23)18(26-20(22)25)11-13-12-21-15-8-4-3-7-14(13)15/h3-12,23H,2H2,1H3. The van der Waals surface area contributed by atoms with Gasteiger partial charge in [-0.25, -0.2) is 0 Å². The fraction of sp³-hybridized carbons (Fsp3) is 0.100. The van der Waals surface area contributed by atoms with E-state index < -0.39 is 0 Å². The zero-order chi connectivity index (χ0) is 18.1. The number of para-hydroxylation sites is 3. The molecule has 0 aliphatic carbocycles. The molecule has 6 heteroatoms. The van der Waals surface area contributed by atoms with Crippen molar-refractivity contribution in [2.75, 3.05) is 6.61 Å². The van der Waals surface area contributed by atoms with Gasteiger partial charge < -0.3 is 9.84 Å². The van der Waals surface area contributed by atoms with Gasteiger partial charge in [0.05, 0.1) is 22.9 Å². The monoisotopic (exact) mass is 380 g/mol. The van der Waals surface area contributed by atoms with Crippen LogP contribution in [0.25, 0.3) is 17.3 Å². The molecule has 3 aromatic rings. The predicted molar refractivity (Wildman–Crippen MR) is 110 cm³/mol. The van der Waals surface area contributed by atoms with Gasteiger partial charge in [0.25, 0.3) is 0 Å². The quantitative estimate of drug-likeness (QED) is 0.597. The van der Waals surface area contributed by atoms with E-state index in [1.54, 1.807) is 4.57 Å². The van der Waals surface area contributed by atoms with Gasteiger partial charge >= 0.3 is 0 Å². The third-order valence-electron chi connectivity index (χ3n) is 4.06. The lowest BCUT2D eigenvalue weighted by molar-refractivity contribution is 0.337. The Balaban J connectivity index is 1.82. The molecule has 0 saturated carbocycles. The Morgan fingerprint density at radius 2 is 1.96 bits per heavy atom. The Morgan fingerprint density at radius 3 is 2.81 bits per heavy atom. The van der Waals surface area contributed by atoms with Crippen LogP contribution in [0.5, 0.6) is 11.6 Å². The van der Waals surface area contributed by atoms with Crippen molar-refractivity contribution in [1.82, 2.24) is 4.57 Å². The van der Waals surface area contributed by atoms with Gasteiger partial charge in [-0.05, 0) is 43.4 Å². The number of aromatic hydroxyl groups is 1. The molecule has 2 heterocycles. The molecule has 0 bridgehead atoms. The first-order chi connectivity index (χ1) is 12.7. The maximum Gasteiger partial charge on any atom is 0.215 e. The molecule has 130 valence electrons. The maximum atomic E-state index is 10.8.